The number of nitrogens with zero attached hydrogens (tertiary/aromatic N) is 9. The van der Waals surface area contributed by atoms with Gasteiger partial charge < -0.3 is 25.0 Å². The van der Waals surface area contributed by atoms with E-state index >= 15 is 0 Å². The minimum atomic E-state index is 0.0156. The standard InChI is InChI=1S/C32H44N12/c1-32(2,3)20-26-35-27-28(31(34-17-19-43(6)7)37-36-30(27)33-16-18-42(4)5)44(26)21-22-12-8-9-13-23(22)24-14-10-11-15-25(24)29-38-40-41-39-29/h8-15H,16-21H2,1-7H3,(H,33,36)(H,34,37)(H,38,39,40,41). The van der Waals surface area contributed by atoms with Crippen LogP contribution in [0.4, 0.5) is 11.6 Å². The molecule has 5 aromatic rings. The van der Waals surface area contributed by atoms with Crippen LogP contribution >= 0.6 is 0 Å². The van der Waals surface area contributed by atoms with Crippen LogP contribution in [0.15, 0.2) is 48.5 Å². The molecule has 2 aromatic carbocycles. The Balaban J connectivity index is 1.66. The van der Waals surface area contributed by atoms with Gasteiger partial charge in [0.25, 0.3) is 0 Å². The SMILES string of the molecule is CN(C)CCNc1nnc(NCCN(C)C)c2c1nc(CC(C)(C)C)n2Cc1ccccc1-c1ccccc1-c1nn[nH]n1. The molecule has 0 saturated carbocycles. The first-order valence-electron chi connectivity index (χ1n) is 15.0. The quantitative estimate of drug-likeness (QED) is 0.181. The van der Waals surface area contributed by atoms with Gasteiger partial charge in [0.2, 0.25) is 5.82 Å². The molecule has 0 amide bonds. The minimum Gasteiger partial charge on any atom is -0.365 e. The van der Waals surface area contributed by atoms with Gasteiger partial charge in [0.15, 0.2) is 11.6 Å². The largest absolute Gasteiger partial charge is 0.365 e. The molecule has 0 aliphatic heterocycles. The summed E-state index contributed by atoms with van der Waals surface area (Å²) in [6, 6.07) is 16.7. The van der Waals surface area contributed by atoms with E-state index in [1.165, 1.54) is 0 Å². The lowest BCUT2D eigenvalue weighted by Crippen LogP contribution is -2.23. The molecule has 3 aromatic heterocycles. The van der Waals surface area contributed by atoms with E-state index in [-0.39, 0.29) is 5.41 Å². The average molecular weight is 597 g/mol. The fraction of sp³-hybridized carbons (Fsp3) is 0.438. The van der Waals surface area contributed by atoms with Crippen molar-refractivity contribution in [3.05, 3.63) is 59.9 Å². The predicted molar refractivity (Wildman–Crippen MR) is 177 cm³/mol. The molecule has 0 bridgehead atoms. The normalized spacial score (nSPS) is 12.0. The number of nitrogens with one attached hydrogen (secondary N) is 3. The molecule has 0 aliphatic carbocycles. The summed E-state index contributed by atoms with van der Waals surface area (Å²) in [6.45, 7) is 10.5. The Morgan fingerprint density at radius 3 is 2.02 bits per heavy atom. The Labute approximate surface area is 259 Å². The van der Waals surface area contributed by atoms with Gasteiger partial charge in [-0.25, -0.2) is 4.98 Å². The summed E-state index contributed by atoms with van der Waals surface area (Å²) in [5, 5.41) is 31.3. The molecule has 5 rings (SSSR count). The number of likely N-dealkylation sites (N-methyl/N-ethyl adjacent to an activating group) is 2. The van der Waals surface area contributed by atoms with Gasteiger partial charge in [-0.2, -0.15) is 5.21 Å². The van der Waals surface area contributed by atoms with E-state index in [0.29, 0.717) is 18.2 Å². The summed E-state index contributed by atoms with van der Waals surface area (Å²) in [6.07, 6.45) is 0.789. The van der Waals surface area contributed by atoms with Crippen molar-refractivity contribution in [2.24, 2.45) is 5.41 Å². The highest BCUT2D eigenvalue weighted by atomic mass is 15.5. The van der Waals surface area contributed by atoms with Crippen molar-refractivity contribution < 1.29 is 0 Å². The molecule has 44 heavy (non-hydrogen) atoms. The molecule has 0 aliphatic rings. The third-order valence-corrected chi connectivity index (χ3v) is 7.29. The van der Waals surface area contributed by atoms with Crippen LogP contribution in [0.2, 0.25) is 0 Å². The van der Waals surface area contributed by atoms with Crippen LogP contribution < -0.4 is 10.6 Å². The van der Waals surface area contributed by atoms with Crippen molar-refractivity contribution in [1.82, 2.24) is 50.2 Å². The molecule has 0 unspecified atom stereocenters. The molecule has 0 fully saturated rings. The Morgan fingerprint density at radius 1 is 0.773 bits per heavy atom. The lowest BCUT2D eigenvalue weighted by Gasteiger charge is -2.20. The molecular weight excluding hydrogens is 552 g/mol. The maximum Gasteiger partial charge on any atom is 0.205 e. The van der Waals surface area contributed by atoms with Crippen molar-refractivity contribution >= 4 is 22.7 Å². The Bertz CT molecular complexity index is 1660. The fourth-order valence-corrected chi connectivity index (χ4v) is 5.19. The van der Waals surface area contributed by atoms with Gasteiger partial charge in [-0.15, -0.1) is 20.4 Å². The lowest BCUT2D eigenvalue weighted by atomic mass is 9.91. The number of aromatic nitrogens is 8. The summed E-state index contributed by atoms with van der Waals surface area (Å²) in [7, 11) is 8.25. The number of rotatable bonds is 13. The zero-order chi connectivity index (χ0) is 31.3. The van der Waals surface area contributed by atoms with Gasteiger partial charge in [0, 0.05) is 38.2 Å². The summed E-state index contributed by atoms with van der Waals surface area (Å²) < 4.78 is 2.32. The van der Waals surface area contributed by atoms with Crippen molar-refractivity contribution in [1.29, 1.82) is 0 Å². The molecule has 3 N–H and O–H groups in total. The first kappa shape index (κ1) is 31.0. The number of H-pyrrole nitrogens is 1. The second kappa shape index (κ2) is 13.5. The van der Waals surface area contributed by atoms with Crippen molar-refractivity contribution in [3.63, 3.8) is 0 Å². The van der Waals surface area contributed by atoms with Crippen LogP contribution in [0.3, 0.4) is 0 Å². The topological polar surface area (TPSA) is 129 Å². The second-order valence-corrected chi connectivity index (χ2v) is 12.8. The van der Waals surface area contributed by atoms with Crippen molar-refractivity contribution in [2.45, 2.75) is 33.7 Å². The highest BCUT2D eigenvalue weighted by molar-refractivity contribution is 5.94. The van der Waals surface area contributed by atoms with Crippen LogP contribution in [-0.2, 0) is 13.0 Å². The summed E-state index contributed by atoms with van der Waals surface area (Å²) in [5.41, 5.74) is 6.01. The Hall–Kier alpha value is -4.42. The molecule has 0 spiro atoms. The van der Waals surface area contributed by atoms with Crippen LogP contribution in [-0.4, -0.2) is 105 Å². The molecule has 12 heteroatoms. The molecule has 232 valence electrons. The number of anilines is 2. The molecule has 12 nitrogen and oxygen atoms in total. The van der Waals surface area contributed by atoms with Gasteiger partial charge in [-0.1, -0.05) is 69.3 Å². The third-order valence-electron chi connectivity index (χ3n) is 7.29. The number of benzene rings is 2. The van der Waals surface area contributed by atoms with Crippen LogP contribution in [0.25, 0.3) is 33.5 Å². The monoisotopic (exact) mass is 596 g/mol. The molecule has 3 heterocycles. The number of aromatic amines is 1. The van der Waals surface area contributed by atoms with Crippen LogP contribution in [0.5, 0.6) is 0 Å². The van der Waals surface area contributed by atoms with Gasteiger partial charge in [0.1, 0.15) is 16.9 Å². The fourth-order valence-electron chi connectivity index (χ4n) is 5.19. The minimum absolute atomic E-state index is 0.0156. The van der Waals surface area contributed by atoms with E-state index in [1.807, 2.05) is 18.2 Å². The summed E-state index contributed by atoms with van der Waals surface area (Å²) >= 11 is 0. The van der Waals surface area contributed by atoms with E-state index < -0.39 is 0 Å². The number of hydrogen-bond donors (Lipinski definition) is 3. The average Bonchev–Trinajstić information content (AvgIpc) is 3.62. The smallest absolute Gasteiger partial charge is 0.205 e. The molecule has 0 radical (unpaired) electrons. The third kappa shape index (κ3) is 7.37. The van der Waals surface area contributed by atoms with E-state index in [2.05, 4.69) is 130 Å². The zero-order valence-electron chi connectivity index (χ0n) is 26.9. The number of imidazole rings is 1. The zero-order valence-corrected chi connectivity index (χ0v) is 26.9. The lowest BCUT2D eigenvalue weighted by molar-refractivity contribution is 0.394. The highest BCUT2D eigenvalue weighted by Gasteiger charge is 2.24. The van der Waals surface area contributed by atoms with Gasteiger partial charge in [-0.05, 0) is 55.5 Å². The maximum absolute atomic E-state index is 5.26. The van der Waals surface area contributed by atoms with Crippen molar-refractivity contribution in [3.8, 4) is 22.5 Å². The van der Waals surface area contributed by atoms with E-state index in [9.17, 15) is 0 Å². The first-order valence-corrected chi connectivity index (χ1v) is 15.0. The summed E-state index contributed by atoms with van der Waals surface area (Å²) in [5.74, 6) is 2.99. The maximum atomic E-state index is 5.26. The summed E-state index contributed by atoms with van der Waals surface area (Å²) in [4.78, 5) is 9.55. The Kier molecular flexibility index (Phi) is 9.50. The number of tetrazole rings is 1. The van der Waals surface area contributed by atoms with Gasteiger partial charge in [0.05, 0.1) is 6.54 Å². The highest BCUT2D eigenvalue weighted by Crippen LogP contribution is 2.35. The van der Waals surface area contributed by atoms with E-state index in [0.717, 1.165) is 77.5 Å². The molecule has 0 atom stereocenters. The molecule has 0 saturated heterocycles. The molecular formula is C32H44N12. The Morgan fingerprint density at radius 2 is 1.39 bits per heavy atom. The number of fused-ring (bicyclic) bond motifs is 1. The van der Waals surface area contributed by atoms with Gasteiger partial charge >= 0.3 is 0 Å². The van der Waals surface area contributed by atoms with Gasteiger partial charge in [-0.3, -0.25) is 0 Å². The van der Waals surface area contributed by atoms with Crippen molar-refractivity contribution in [2.75, 3.05) is 65.0 Å². The van der Waals surface area contributed by atoms with E-state index in [4.69, 9.17) is 10.1 Å². The van der Waals surface area contributed by atoms with Crippen LogP contribution in [0.1, 0.15) is 32.2 Å². The number of hydrogen-bond acceptors (Lipinski definition) is 10. The van der Waals surface area contributed by atoms with E-state index in [1.54, 1.807) is 0 Å². The first-order chi connectivity index (χ1) is 21.1. The second-order valence-electron chi connectivity index (χ2n) is 12.8. The van der Waals surface area contributed by atoms with Crippen LogP contribution in [0, 0.1) is 5.41 Å². The predicted octanol–water partition coefficient (Wildman–Crippen LogP) is 4.26.